The van der Waals surface area contributed by atoms with Gasteiger partial charge in [-0.1, -0.05) is 46.0 Å². The number of benzene rings is 1. The second kappa shape index (κ2) is 9.67. The third-order valence-corrected chi connectivity index (χ3v) is 5.82. The molecule has 5 heteroatoms. The van der Waals surface area contributed by atoms with Gasteiger partial charge in [0.2, 0.25) is 5.91 Å². The van der Waals surface area contributed by atoms with Crippen LogP contribution in [0, 0.1) is 11.8 Å². The highest BCUT2D eigenvalue weighted by molar-refractivity contribution is 5.91. The Morgan fingerprint density at radius 2 is 1.93 bits per heavy atom. The summed E-state index contributed by atoms with van der Waals surface area (Å²) < 4.78 is 0. The SMILES string of the molecule is CCC(C)C(=O)Nc1ncc(-c2ccc(O)cc2)nc1CCC1CCCCC1. The Kier molecular flexibility index (Phi) is 7.01. The number of carbonyl (C=O) groups excluding carboxylic acids is 1. The van der Waals surface area contributed by atoms with Gasteiger partial charge in [-0.05, 0) is 49.4 Å². The second-order valence-corrected chi connectivity index (χ2v) is 7.94. The Bertz CT molecular complexity index is 783. The fraction of sp³-hybridized carbons (Fsp3) is 0.522. The van der Waals surface area contributed by atoms with E-state index in [2.05, 4.69) is 10.3 Å². The zero-order chi connectivity index (χ0) is 19.9. The first-order valence-corrected chi connectivity index (χ1v) is 10.5. The number of phenolic OH excluding ortho intramolecular Hbond substituents is 1. The largest absolute Gasteiger partial charge is 0.508 e. The number of rotatable bonds is 7. The number of aromatic nitrogens is 2. The topological polar surface area (TPSA) is 75.1 Å². The molecule has 1 aromatic heterocycles. The Balaban J connectivity index is 1.82. The zero-order valence-corrected chi connectivity index (χ0v) is 16.9. The molecular formula is C23H31N3O2. The van der Waals surface area contributed by atoms with Crippen molar-refractivity contribution in [2.24, 2.45) is 11.8 Å². The van der Waals surface area contributed by atoms with Crippen molar-refractivity contribution in [1.82, 2.24) is 9.97 Å². The number of phenols is 1. The molecule has 1 saturated carbocycles. The van der Waals surface area contributed by atoms with Crippen molar-refractivity contribution in [3.63, 3.8) is 0 Å². The quantitative estimate of drug-likeness (QED) is 0.678. The molecule has 0 saturated heterocycles. The maximum absolute atomic E-state index is 12.4. The molecule has 28 heavy (non-hydrogen) atoms. The van der Waals surface area contributed by atoms with E-state index in [1.54, 1.807) is 18.3 Å². The van der Waals surface area contributed by atoms with E-state index in [0.717, 1.165) is 42.1 Å². The van der Waals surface area contributed by atoms with Crippen molar-refractivity contribution in [3.8, 4) is 17.0 Å². The summed E-state index contributed by atoms with van der Waals surface area (Å²) in [6.07, 6.45) is 11.0. The molecular weight excluding hydrogens is 350 g/mol. The molecule has 3 rings (SSSR count). The first-order chi connectivity index (χ1) is 13.6. The van der Waals surface area contributed by atoms with Gasteiger partial charge in [-0.2, -0.15) is 0 Å². The van der Waals surface area contributed by atoms with E-state index in [9.17, 15) is 9.90 Å². The summed E-state index contributed by atoms with van der Waals surface area (Å²) in [6.45, 7) is 3.93. The van der Waals surface area contributed by atoms with Gasteiger partial charge >= 0.3 is 0 Å². The molecule has 1 unspecified atom stereocenters. The van der Waals surface area contributed by atoms with E-state index in [1.165, 1.54) is 32.1 Å². The number of carbonyl (C=O) groups is 1. The number of amides is 1. The van der Waals surface area contributed by atoms with Gasteiger partial charge in [-0.3, -0.25) is 4.79 Å². The lowest BCUT2D eigenvalue weighted by Crippen LogP contribution is -2.22. The molecule has 1 aliphatic rings. The van der Waals surface area contributed by atoms with Crippen LogP contribution in [0.25, 0.3) is 11.3 Å². The van der Waals surface area contributed by atoms with Gasteiger partial charge in [0.1, 0.15) is 5.75 Å². The minimum absolute atomic E-state index is 0.00639. The van der Waals surface area contributed by atoms with Crippen LogP contribution in [0.2, 0.25) is 0 Å². The monoisotopic (exact) mass is 381 g/mol. The molecule has 1 aromatic carbocycles. The average Bonchev–Trinajstić information content (AvgIpc) is 2.73. The Hall–Kier alpha value is -2.43. The lowest BCUT2D eigenvalue weighted by Gasteiger charge is -2.21. The molecule has 2 N–H and O–H groups in total. The number of aryl methyl sites for hydroxylation is 1. The summed E-state index contributed by atoms with van der Waals surface area (Å²) in [5.74, 6) is 1.50. The normalized spacial score (nSPS) is 15.9. The van der Waals surface area contributed by atoms with Crippen LogP contribution in [0.15, 0.2) is 30.5 Å². The van der Waals surface area contributed by atoms with Gasteiger partial charge in [-0.25, -0.2) is 9.97 Å². The van der Waals surface area contributed by atoms with Gasteiger partial charge in [0.15, 0.2) is 5.82 Å². The van der Waals surface area contributed by atoms with Crippen molar-refractivity contribution in [2.45, 2.75) is 65.2 Å². The van der Waals surface area contributed by atoms with Gasteiger partial charge in [0.05, 0.1) is 17.6 Å². The first kappa shape index (κ1) is 20.3. The summed E-state index contributed by atoms with van der Waals surface area (Å²) >= 11 is 0. The standard InChI is InChI=1S/C23H31N3O2/c1-3-16(2)23(28)26-22-20(14-9-17-7-5-4-6-8-17)25-21(15-24-22)18-10-12-19(27)13-11-18/h10-13,15-17,27H,3-9,14H2,1-2H3,(H,24,26,28). The highest BCUT2D eigenvalue weighted by Crippen LogP contribution is 2.29. The van der Waals surface area contributed by atoms with Gasteiger partial charge < -0.3 is 10.4 Å². The van der Waals surface area contributed by atoms with Crippen LogP contribution in [0.3, 0.4) is 0 Å². The van der Waals surface area contributed by atoms with Crippen molar-refractivity contribution < 1.29 is 9.90 Å². The van der Waals surface area contributed by atoms with E-state index < -0.39 is 0 Å². The van der Waals surface area contributed by atoms with Crippen LogP contribution >= 0.6 is 0 Å². The number of hydrogen-bond acceptors (Lipinski definition) is 4. The van der Waals surface area contributed by atoms with Crippen LogP contribution < -0.4 is 5.32 Å². The lowest BCUT2D eigenvalue weighted by atomic mass is 9.86. The molecule has 0 aliphatic heterocycles. The molecule has 1 atom stereocenters. The molecule has 1 aliphatic carbocycles. The van der Waals surface area contributed by atoms with Crippen LogP contribution in [0.1, 0.15) is 64.5 Å². The van der Waals surface area contributed by atoms with Crippen molar-refractivity contribution in [2.75, 3.05) is 5.32 Å². The van der Waals surface area contributed by atoms with E-state index in [0.29, 0.717) is 5.82 Å². The van der Waals surface area contributed by atoms with Gasteiger partial charge in [-0.15, -0.1) is 0 Å². The van der Waals surface area contributed by atoms with E-state index in [-0.39, 0.29) is 17.6 Å². The molecule has 5 nitrogen and oxygen atoms in total. The summed E-state index contributed by atoms with van der Waals surface area (Å²) in [5.41, 5.74) is 2.53. The summed E-state index contributed by atoms with van der Waals surface area (Å²) in [7, 11) is 0. The Morgan fingerprint density at radius 1 is 1.21 bits per heavy atom. The molecule has 0 spiro atoms. The predicted molar refractivity (Wildman–Crippen MR) is 112 cm³/mol. The number of hydrogen-bond donors (Lipinski definition) is 2. The summed E-state index contributed by atoms with van der Waals surface area (Å²) in [4.78, 5) is 21.8. The number of nitrogens with zero attached hydrogens (tertiary/aromatic N) is 2. The predicted octanol–water partition coefficient (Wildman–Crippen LogP) is 5.35. The fourth-order valence-electron chi connectivity index (χ4n) is 3.72. The highest BCUT2D eigenvalue weighted by atomic mass is 16.3. The van der Waals surface area contributed by atoms with Crippen LogP contribution in [-0.4, -0.2) is 21.0 Å². The third-order valence-electron chi connectivity index (χ3n) is 5.82. The van der Waals surface area contributed by atoms with E-state index in [4.69, 9.17) is 4.98 Å². The minimum Gasteiger partial charge on any atom is -0.508 e. The van der Waals surface area contributed by atoms with Crippen molar-refractivity contribution >= 4 is 11.7 Å². The third kappa shape index (κ3) is 5.31. The fourth-order valence-corrected chi connectivity index (χ4v) is 3.72. The first-order valence-electron chi connectivity index (χ1n) is 10.5. The van der Waals surface area contributed by atoms with Crippen LogP contribution in [0.5, 0.6) is 5.75 Å². The van der Waals surface area contributed by atoms with Gasteiger partial charge in [0, 0.05) is 11.5 Å². The maximum atomic E-state index is 12.4. The van der Waals surface area contributed by atoms with E-state index in [1.807, 2.05) is 26.0 Å². The summed E-state index contributed by atoms with van der Waals surface area (Å²) in [5, 5.41) is 12.5. The average molecular weight is 382 g/mol. The Labute approximate surface area is 167 Å². The number of anilines is 1. The zero-order valence-electron chi connectivity index (χ0n) is 16.9. The smallest absolute Gasteiger partial charge is 0.228 e. The van der Waals surface area contributed by atoms with Gasteiger partial charge in [0.25, 0.3) is 0 Å². The molecule has 150 valence electrons. The highest BCUT2D eigenvalue weighted by Gasteiger charge is 2.18. The molecule has 1 fully saturated rings. The van der Waals surface area contributed by atoms with E-state index >= 15 is 0 Å². The maximum Gasteiger partial charge on any atom is 0.228 e. The molecule has 0 bridgehead atoms. The Morgan fingerprint density at radius 3 is 2.61 bits per heavy atom. The second-order valence-electron chi connectivity index (χ2n) is 7.94. The summed E-state index contributed by atoms with van der Waals surface area (Å²) in [6, 6.07) is 6.97. The number of nitrogens with one attached hydrogen (secondary N) is 1. The van der Waals surface area contributed by atoms with Crippen LogP contribution in [-0.2, 0) is 11.2 Å². The molecule has 1 amide bonds. The van der Waals surface area contributed by atoms with Crippen molar-refractivity contribution in [3.05, 3.63) is 36.2 Å². The molecule has 2 aromatic rings. The lowest BCUT2D eigenvalue weighted by molar-refractivity contribution is -0.119. The minimum atomic E-state index is -0.0511. The number of aromatic hydroxyl groups is 1. The van der Waals surface area contributed by atoms with Crippen molar-refractivity contribution in [1.29, 1.82) is 0 Å². The molecule has 0 radical (unpaired) electrons. The van der Waals surface area contributed by atoms with Crippen LogP contribution in [0.4, 0.5) is 5.82 Å². The molecule has 1 heterocycles.